The second-order valence-corrected chi connectivity index (χ2v) is 4.69. The maximum Gasteiger partial charge on any atom is 0.0679 e. The molecular weight excluding hydrogens is 222 g/mol. The van der Waals surface area contributed by atoms with E-state index in [1.54, 1.807) is 0 Å². The average Bonchev–Trinajstić information content (AvgIpc) is 2.85. The van der Waals surface area contributed by atoms with Crippen LogP contribution in [-0.4, -0.2) is 15.8 Å². The smallest absolute Gasteiger partial charge is 0.0679 e. The molecule has 0 aliphatic carbocycles. The molecule has 96 valence electrons. The molecule has 1 aromatic heterocycles. The highest BCUT2D eigenvalue weighted by Gasteiger charge is 2.05. The fraction of sp³-hybridized carbons (Fsp3) is 0.400. The molecule has 2 rings (SSSR count). The van der Waals surface area contributed by atoms with E-state index in [1.807, 2.05) is 23.1 Å². The molecule has 0 amide bonds. The summed E-state index contributed by atoms with van der Waals surface area (Å²) in [5.41, 5.74) is 2.50. The number of nitrogens with one attached hydrogen (secondary N) is 1. The van der Waals surface area contributed by atoms with Crippen molar-refractivity contribution < 1.29 is 0 Å². The molecule has 1 unspecified atom stereocenters. The van der Waals surface area contributed by atoms with Gasteiger partial charge in [0.15, 0.2) is 0 Å². The SMILES string of the molecule is CCCC(C)Nc1ccccc1Cn1cccn1. The number of para-hydroxylation sites is 1. The van der Waals surface area contributed by atoms with Gasteiger partial charge in [0, 0.05) is 24.1 Å². The van der Waals surface area contributed by atoms with Crippen LogP contribution in [0.5, 0.6) is 0 Å². The monoisotopic (exact) mass is 243 g/mol. The predicted molar refractivity (Wildman–Crippen MR) is 75.8 cm³/mol. The molecule has 2 aromatic rings. The highest BCUT2D eigenvalue weighted by atomic mass is 15.3. The molecule has 0 aliphatic heterocycles. The first kappa shape index (κ1) is 12.7. The maximum absolute atomic E-state index is 4.26. The summed E-state index contributed by atoms with van der Waals surface area (Å²) in [5.74, 6) is 0. The van der Waals surface area contributed by atoms with Crippen LogP contribution >= 0.6 is 0 Å². The van der Waals surface area contributed by atoms with Crippen molar-refractivity contribution in [1.82, 2.24) is 9.78 Å². The van der Waals surface area contributed by atoms with Crippen LogP contribution in [0, 0.1) is 0 Å². The van der Waals surface area contributed by atoms with Gasteiger partial charge >= 0.3 is 0 Å². The van der Waals surface area contributed by atoms with Crippen molar-refractivity contribution in [2.75, 3.05) is 5.32 Å². The first-order valence-electron chi connectivity index (χ1n) is 6.61. The highest BCUT2D eigenvalue weighted by Crippen LogP contribution is 2.18. The van der Waals surface area contributed by atoms with Crippen LogP contribution in [0.2, 0.25) is 0 Å². The van der Waals surface area contributed by atoms with Gasteiger partial charge in [-0.1, -0.05) is 31.5 Å². The van der Waals surface area contributed by atoms with Gasteiger partial charge in [0.1, 0.15) is 0 Å². The van der Waals surface area contributed by atoms with Crippen molar-refractivity contribution in [3.05, 3.63) is 48.3 Å². The lowest BCUT2D eigenvalue weighted by molar-refractivity contribution is 0.673. The number of aromatic nitrogens is 2. The fourth-order valence-corrected chi connectivity index (χ4v) is 2.14. The molecule has 3 nitrogen and oxygen atoms in total. The van der Waals surface area contributed by atoms with Crippen molar-refractivity contribution in [2.24, 2.45) is 0 Å². The number of rotatable bonds is 6. The summed E-state index contributed by atoms with van der Waals surface area (Å²) < 4.78 is 1.95. The van der Waals surface area contributed by atoms with Gasteiger partial charge in [-0.15, -0.1) is 0 Å². The fourth-order valence-electron chi connectivity index (χ4n) is 2.14. The standard InChI is InChI=1S/C15H21N3/c1-3-7-13(2)17-15-9-5-4-8-14(15)12-18-11-6-10-16-18/h4-6,8-11,13,17H,3,7,12H2,1-2H3. The number of hydrogen-bond donors (Lipinski definition) is 1. The molecule has 1 atom stereocenters. The van der Waals surface area contributed by atoms with Gasteiger partial charge in [-0.2, -0.15) is 5.10 Å². The number of benzene rings is 1. The Morgan fingerprint density at radius 1 is 1.28 bits per heavy atom. The summed E-state index contributed by atoms with van der Waals surface area (Å²) in [6, 6.07) is 10.9. The summed E-state index contributed by atoms with van der Waals surface area (Å²) in [6.45, 7) is 5.26. The van der Waals surface area contributed by atoms with Crippen molar-refractivity contribution >= 4 is 5.69 Å². The number of anilines is 1. The van der Waals surface area contributed by atoms with Gasteiger partial charge in [-0.3, -0.25) is 4.68 Å². The molecule has 1 aromatic carbocycles. The highest BCUT2D eigenvalue weighted by molar-refractivity contribution is 5.51. The second-order valence-electron chi connectivity index (χ2n) is 4.69. The molecule has 0 saturated carbocycles. The Morgan fingerprint density at radius 3 is 2.83 bits per heavy atom. The van der Waals surface area contributed by atoms with Crippen LogP contribution in [0.1, 0.15) is 32.3 Å². The van der Waals surface area contributed by atoms with E-state index in [0.717, 1.165) is 6.54 Å². The Balaban J connectivity index is 2.10. The Morgan fingerprint density at radius 2 is 2.11 bits per heavy atom. The van der Waals surface area contributed by atoms with Gasteiger partial charge in [0.25, 0.3) is 0 Å². The van der Waals surface area contributed by atoms with E-state index in [0.29, 0.717) is 6.04 Å². The third-order valence-corrected chi connectivity index (χ3v) is 3.03. The molecule has 0 saturated heterocycles. The number of hydrogen-bond acceptors (Lipinski definition) is 2. The van der Waals surface area contributed by atoms with E-state index >= 15 is 0 Å². The van der Waals surface area contributed by atoms with E-state index in [4.69, 9.17) is 0 Å². The van der Waals surface area contributed by atoms with E-state index < -0.39 is 0 Å². The van der Waals surface area contributed by atoms with Crippen LogP contribution < -0.4 is 5.32 Å². The third-order valence-electron chi connectivity index (χ3n) is 3.03. The zero-order valence-electron chi connectivity index (χ0n) is 11.1. The lowest BCUT2D eigenvalue weighted by atomic mass is 10.1. The zero-order chi connectivity index (χ0) is 12.8. The molecule has 0 fully saturated rings. The minimum Gasteiger partial charge on any atom is -0.382 e. The molecule has 0 spiro atoms. The molecule has 18 heavy (non-hydrogen) atoms. The van der Waals surface area contributed by atoms with Gasteiger partial charge in [-0.25, -0.2) is 0 Å². The largest absolute Gasteiger partial charge is 0.382 e. The van der Waals surface area contributed by atoms with Crippen molar-refractivity contribution in [3.63, 3.8) is 0 Å². The maximum atomic E-state index is 4.26. The zero-order valence-corrected chi connectivity index (χ0v) is 11.1. The molecule has 1 N–H and O–H groups in total. The van der Waals surface area contributed by atoms with Crippen LogP contribution in [-0.2, 0) is 6.54 Å². The summed E-state index contributed by atoms with van der Waals surface area (Å²) in [5, 5.41) is 7.84. The van der Waals surface area contributed by atoms with Crippen LogP contribution in [0.4, 0.5) is 5.69 Å². The van der Waals surface area contributed by atoms with Gasteiger partial charge in [-0.05, 0) is 31.0 Å². The normalized spacial score (nSPS) is 12.3. The van der Waals surface area contributed by atoms with Gasteiger partial charge < -0.3 is 5.32 Å². The molecule has 0 bridgehead atoms. The summed E-state index contributed by atoms with van der Waals surface area (Å²) >= 11 is 0. The minimum absolute atomic E-state index is 0.508. The molecular formula is C15H21N3. The Kier molecular flexibility index (Phi) is 4.40. The predicted octanol–water partition coefficient (Wildman–Crippen LogP) is 3.53. The number of nitrogens with zero attached hydrogens (tertiary/aromatic N) is 2. The minimum atomic E-state index is 0.508. The quantitative estimate of drug-likeness (QED) is 0.841. The lowest BCUT2D eigenvalue weighted by Crippen LogP contribution is -2.16. The van der Waals surface area contributed by atoms with E-state index in [2.05, 4.69) is 48.5 Å². The summed E-state index contributed by atoms with van der Waals surface area (Å²) in [7, 11) is 0. The summed E-state index contributed by atoms with van der Waals surface area (Å²) in [6.07, 6.45) is 6.20. The first-order chi connectivity index (χ1) is 8.79. The van der Waals surface area contributed by atoms with Crippen molar-refractivity contribution in [2.45, 2.75) is 39.3 Å². The van der Waals surface area contributed by atoms with Crippen molar-refractivity contribution in [3.8, 4) is 0 Å². The van der Waals surface area contributed by atoms with Gasteiger partial charge in [0.2, 0.25) is 0 Å². The van der Waals surface area contributed by atoms with Crippen LogP contribution in [0.25, 0.3) is 0 Å². The Labute approximate surface area is 109 Å². The van der Waals surface area contributed by atoms with Crippen molar-refractivity contribution in [1.29, 1.82) is 0 Å². The van der Waals surface area contributed by atoms with E-state index in [9.17, 15) is 0 Å². The molecule has 0 aliphatic rings. The van der Waals surface area contributed by atoms with Gasteiger partial charge in [0.05, 0.1) is 6.54 Å². The topological polar surface area (TPSA) is 29.9 Å². The Bertz CT molecular complexity index is 462. The first-order valence-corrected chi connectivity index (χ1v) is 6.61. The van der Waals surface area contributed by atoms with E-state index in [-0.39, 0.29) is 0 Å². The molecule has 1 heterocycles. The summed E-state index contributed by atoms with van der Waals surface area (Å²) in [4.78, 5) is 0. The Hall–Kier alpha value is -1.77. The third kappa shape index (κ3) is 3.36. The van der Waals surface area contributed by atoms with Crippen LogP contribution in [0.3, 0.4) is 0 Å². The second kappa shape index (κ2) is 6.24. The molecule has 3 heteroatoms. The van der Waals surface area contributed by atoms with E-state index in [1.165, 1.54) is 24.1 Å². The van der Waals surface area contributed by atoms with Crippen LogP contribution in [0.15, 0.2) is 42.7 Å². The average molecular weight is 243 g/mol. The lowest BCUT2D eigenvalue weighted by Gasteiger charge is -2.17. The molecule has 0 radical (unpaired) electrons.